The minimum atomic E-state index is -0.227. The van der Waals surface area contributed by atoms with Crippen molar-refractivity contribution in [2.75, 3.05) is 18.0 Å². The van der Waals surface area contributed by atoms with Crippen molar-refractivity contribution in [1.82, 2.24) is 5.32 Å². The summed E-state index contributed by atoms with van der Waals surface area (Å²) >= 11 is 3.50. The third-order valence-electron chi connectivity index (χ3n) is 3.50. The monoisotopic (exact) mass is 325 g/mol. The lowest BCUT2D eigenvalue weighted by atomic mass is 10.1. The van der Waals surface area contributed by atoms with E-state index in [0.717, 1.165) is 42.6 Å². The fourth-order valence-electron chi connectivity index (χ4n) is 2.59. The van der Waals surface area contributed by atoms with Gasteiger partial charge in [0.15, 0.2) is 0 Å². The zero-order valence-corrected chi connectivity index (χ0v) is 12.7. The van der Waals surface area contributed by atoms with E-state index in [1.807, 2.05) is 6.07 Å². The van der Waals surface area contributed by atoms with Crippen LogP contribution in [0.25, 0.3) is 0 Å². The van der Waals surface area contributed by atoms with Crippen LogP contribution in [0.2, 0.25) is 0 Å². The van der Waals surface area contributed by atoms with Gasteiger partial charge in [0.05, 0.1) is 0 Å². The first-order valence-corrected chi connectivity index (χ1v) is 7.48. The predicted octanol–water partition coefficient (Wildman–Crippen LogP) is 2.01. The number of benzene rings is 1. The van der Waals surface area contributed by atoms with Crippen molar-refractivity contribution in [3.63, 3.8) is 0 Å². The van der Waals surface area contributed by atoms with Gasteiger partial charge in [0.1, 0.15) is 6.04 Å². The highest BCUT2D eigenvalue weighted by Gasteiger charge is 2.30. The number of primary amides is 1. The largest absolute Gasteiger partial charge is 0.368 e. The van der Waals surface area contributed by atoms with Crippen LogP contribution in [0, 0.1) is 0 Å². The number of hydrogen-bond acceptors (Lipinski definition) is 3. The van der Waals surface area contributed by atoms with E-state index in [9.17, 15) is 4.79 Å². The average Bonchev–Trinajstić information content (AvgIpc) is 2.85. The molecule has 104 valence electrons. The van der Waals surface area contributed by atoms with Gasteiger partial charge < -0.3 is 16.0 Å². The first-order valence-electron chi connectivity index (χ1n) is 6.68. The number of nitrogens with one attached hydrogen (secondary N) is 1. The van der Waals surface area contributed by atoms with Crippen LogP contribution >= 0.6 is 15.9 Å². The van der Waals surface area contributed by atoms with Gasteiger partial charge in [0.2, 0.25) is 5.91 Å². The number of carbonyl (C=O) groups excluding carboxylic acids is 1. The summed E-state index contributed by atoms with van der Waals surface area (Å²) in [5.41, 5.74) is 7.81. The fourth-order valence-corrected chi connectivity index (χ4v) is 2.99. The second kappa shape index (κ2) is 6.39. The zero-order chi connectivity index (χ0) is 13.8. The Bertz CT molecular complexity index is 464. The molecule has 1 aromatic carbocycles. The van der Waals surface area contributed by atoms with Crippen molar-refractivity contribution in [2.45, 2.75) is 32.4 Å². The van der Waals surface area contributed by atoms with E-state index < -0.39 is 0 Å². The van der Waals surface area contributed by atoms with Gasteiger partial charge in [0.25, 0.3) is 0 Å². The van der Waals surface area contributed by atoms with Crippen LogP contribution in [0.15, 0.2) is 22.7 Å². The summed E-state index contributed by atoms with van der Waals surface area (Å²) in [4.78, 5) is 13.7. The quantitative estimate of drug-likeness (QED) is 0.870. The molecule has 1 fully saturated rings. The van der Waals surface area contributed by atoms with Crippen LogP contribution < -0.4 is 16.0 Å². The fraction of sp³-hybridized carbons (Fsp3) is 0.500. The summed E-state index contributed by atoms with van der Waals surface area (Å²) in [5.74, 6) is -0.227. The maximum atomic E-state index is 11.5. The van der Waals surface area contributed by atoms with Crippen LogP contribution in [0.1, 0.15) is 25.3 Å². The molecule has 5 heteroatoms. The summed E-state index contributed by atoms with van der Waals surface area (Å²) in [6.45, 7) is 4.70. The van der Waals surface area contributed by atoms with Crippen molar-refractivity contribution < 1.29 is 4.79 Å². The Kier molecular flexibility index (Phi) is 4.82. The first kappa shape index (κ1) is 14.3. The van der Waals surface area contributed by atoms with Crippen LogP contribution in [0.5, 0.6) is 0 Å². The molecule has 0 spiro atoms. The summed E-state index contributed by atoms with van der Waals surface area (Å²) in [7, 11) is 0. The van der Waals surface area contributed by atoms with Gasteiger partial charge >= 0.3 is 0 Å². The number of hydrogen-bond donors (Lipinski definition) is 2. The lowest BCUT2D eigenvalue weighted by molar-refractivity contribution is -0.119. The van der Waals surface area contributed by atoms with E-state index >= 15 is 0 Å². The van der Waals surface area contributed by atoms with Gasteiger partial charge in [-0.25, -0.2) is 0 Å². The maximum absolute atomic E-state index is 11.5. The molecule has 0 aromatic heterocycles. The van der Waals surface area contributed by atoms with E-state index in [1.165, 1.54) is 5.56 Å². The number of rotatable bonds is 5. The molecule has 0 aliphatic carbocycles. The molecule has 1 aromatic rings. The van der Waals surface area contributed by atoms with E-state index in [0.29, 0.717) is 0 Å². The minimum absolute atomic E-state index is 0.165. The zero-order valence-electron chi connectivity index (χ0n) is 11.2. The molecule has 19 heavy (non-hydrogen) atoms. The van der Waals surface area contributed by atoms with Crippen LogP contribution in [-0.4, -0.2) is 25.0 Å². The van der Waals surface area contributed by atoms with Crippen molar-refractivity contribution in [3.05, 3.63) is 28.2 Å². The maximum Gasteiger partial charge on any atom is 0.240 e. The van der Waals surface area contributed by atoms with Gasteiger partial charge in [-0.3, -0.25) is 4.79 Å². The molecule has 1 heterocycles. The highest BCUT2D eigenvalue weighted by molar-refractivity contribution is 9.10. The molecule has 1 amide bonds. The molecule has 4 nitrogen and oxygen atoms in total. The Balaban J connectivity index is 2.29. The SMILES string of the molecule is CCNCc1cc(Br)ccc1N1CCCC1C(N)=O. The predicted molar refractivity (Wildman–Crippen MR) is 81.1 cm³/mol. The molecule has 1 saturated heterocycles. The van der Waals surface area contributed by atoms with Gasteiger partial charge in [-0.05, 0) is 43.1 Å². The Morgan fingerprint density at radius 1 is 1.58 bits per heavy atom. The number of carbonyl (C=O) groups is 1. The van der Waals surface area contributed by atoms with Crippen LogP contribution in [0.4, 0.5) is 5.69 Å². The second-order valence-electron chi connectivity index (χ2n) is 4.81. The molecule has 1 aliphatic rings. The number of nitrogens with zero attached hydrogens (tertiary/aromatic N) is 1. The first-order chi connectivity index (χ1) is 9.13. The number of nitrogens with two attached hydrogens (primary N) is 1. The van der Waals surface area contributed by atoms with Crippen molar-refractivity contribution in [1.29, 1.82) is 0 Å². The molecule has 0 bridgehead atoms. The van der Waals surface area contributed by atoms with Gasteiger partial charge in [-0.2, -0.15) is 0 Å². The van der Waals surface area contributed by atoms with E-state index in [-0.39, 0.29) is 11.9 Å². The molecule has 0 radical (unpaired) electrons. The molecule has 2 rings (SSSR count). The van der Waals surface area contributed by atoms with Crippen molar-refractivity contribution in [3.8, 4) is 0 Å². The lowest BCUT2D eigenvalue weighted by Gasteiger charge is -2.27. The van der Waals surface area contributed by atoms with Gasteiger partial charge in [-0.15, -0.1) is 0 Å². The van der Waals surface area contributed by atoms with Gasteiger partial charge in [-0.1, -0.05) is 22.9 Å². The number of halogens is 1. The van der Waals surface area contributed by atoms with E-state index in [4.69, 9.17) is 5.73 Å². The summed E-state index contributed by atoms with van der Waals surface area (Å²) in [5, 5.41) is 3.34. The van der Waals surface area contributed by atoms with E-state index in [2.05, 4.69) is 45.2 Å². The molecule has 3 N–H and O–H groups in total. The summed E-state index contributed by atoms with van der Waals surface area (Å²) in [6.07, 6.45) is 1.87. The normalized spacial score (nSPS) is 18.8. The Morgan fingerprint density at radius 2 is 2.37 bits per heavy atom. The van der Waals surface area contributed by atoms with Gasteiger partial charge in [0, 0.05) is 23.2 Å². The van der Waals surface area contributed by atoms with E-state index in [1.54, 1.807) is 0 Å². The summed E-state index contributed by atoms with van der Waals surface area (Å²) < 4.78 is 1.05. The lowest BCUT2D eigenvalue weighted by Crippen LogP contribution is -2.40. The number of amides is 1. The Morgan fingerprint density at radius 3 is 3.05 bits per heavy atom. The third kappa shape index (κ3) is 3.28. The third-order valence-corrected chi connectivity index (χ3v) is 3.99. The highest BCUT2D eigenvalue weighted by atomic mass is 79.9. The smallest absolute Gasteiger partial charge is 0.240 e. The Labute approximate surface area is 122 Å². The minimum Gasteiger partial charge on any atom is -0.368 e. The second-order valence-corrected chi connectivity index (χ2v) is 5.72. The average molecular weight is 326 g/mol. The molecule has 1 atom stereocenters. The molecule has 1 unspecified atom stereocenters. The summed E-state index contributed by atoms with van der Waals surface area (Å²) in [6, 6.07) is 6.02. The molecule has 0 saturated carbocycles. The topological polar surface area (TPSA) is 58.4 Å². The van der Waals surface area contributed by atoms with Crippen molar-refractivity contribution >= 4 is 27.5 Å². The van der Waals surface area contributed by atoms with Crippen LogP contribution in [0.3, 0.4) is 0 Å². The molecule has 1 aliphatic heterocycles. The molecular weight excluding hydrogens is 306 g/mol. The number of anilines is 1. The highest BCUT2D eigenvalue weighted by Crippen LogP contribution is 2.30. The standard InChI is InChI=1S/C14H20BrN3O/c1-2-17-9-10-8-11(15)5-6-12(10)18-7-3-4-13(18)14(16)19/h5-6,8,13,17H,2-4,7,9H2,1H3,(H2,16,19). The Hall–Kier alpha value is -1.07. The van der Waals surface area contributed by atoms with Crippen molar-refractivity contribution in [2.24, 2.45) is 5.73 Å². The molecular formula is C14H20BrN3O. The van der Waals surface area contributed by atoms with Crippen LogP contribution in [-0.2, 0) is 11.3 Å².